The predicted molar refractivity (Wildman–Crippen MR) is 66.6 cm³/mol. The molecule has 1 atom stereocenters. The lowest BCUT2D eigenvalue weighted by Crippen LogP contribution is -2.46. The molecule has 0 aromatic carbocycles. The zero-order valence-corrected chi connectivity index (χ0v) is 10.6. The third-order valence-corrected chi connectivity index (χ3v) is 3.66. The van der Waals surface area contributed by atoms with Gasteiger partial charge in [0.05, 0.1) is 12.6 Å². The van der Waals surface area contributed by atoms with Crippen molar-refractivity contribution in [2.75, 3.05) is 6.54 Å². The van der Waals surface area contributed by atoms with Crippen molar-refractivity contribution in [3.8, 4) is 0 Å². The van der Waals surface area contributed by atoms with Crippen molar-refractivity contribution in [2.24, 2.45) is 0 Å². The Balaban J connectivity index is 1.82. The van der Waals surface area contributed by atoms with Crippen molar-refractivity contribution in [1.29, 1.82) is 0 Å². The second-order valence-corrected chi connectivity index (χ2v) is 5.09. The highest BCUT2D eigenvalue weighted by atomic mass is 32.1. The van der Waals surface area contributed by atoms with E-state index in [1.54, 1.807) is 0 Å². The van der Waals surface area contributed by atoms with E-state index in [9.17, 15) is 9.59 Å². The van der Waals surface area contributed by atoms with Gasteiger partial charge in [0, 0.05) is 5.38 Å². The molecule has 0 aliphatic carbocycles. The minimum atomic E-state index is -1.04. The molecule has 3 N–H and O–H groups in total. The number of aromatic nitrogens is 1. The molecule has 1 aromatic heterocycles. The standard InChI is InChI=1S/C11H15N3O3S/c15-10(7-3-1-2-4-12-7)13-5-9-14-8(6-18-9)11(16)17/h6-7,12H,1-5H2,(H,13,15)(H,16,17). The molecule has 1 aliphatic rings. The molecule has 6 nitrogen and oxygen atoms in total. The quantitative estimate of drug-likeness (QED) is 0.744. The van der Waals surface area contributed by atoms with E-state index in [-0.39, 0.29) is 24.2 Å². The van der Waals surface area contributed by atoms with Gasteiger partial charge in [0.15, 0.2) is 5.69 Å². The fourth-order valence-corrected chi connectivity index (χ4v) is 2.56. The first kappa shape index (κ1) is 13.0. The maximum Gasteiger partial charge on any atom is 0.355 e. The van der Waals surface area contributed by atoms with Gasteiger partial charge in [0.25, 0.3) is 0 Å². The summed E-state index contributed by atoms with van der Waals surface area (Å²) in [7, 11) is 0. The highest BCUT2D eigenvalue weighted by Gasteiger charge is 2.20. The van der Waals surface area contributed by atoms with E-state index in [4.69, 9.17) is 5.11 Å². The summed E-state index contributed by atoms with van der Waals surface area (Å²) < 4.78 is 0. The number of amides is 1. The molecule has 1 fully saturated rings. The van der Waals surface area contributed by atoms with E-state index in [1.165, 1.54) is 16.7 Å². The maximum absolute atomic E-state index is 11.8. The number of thiazole rings is 1. The van der Waals surface area contributed by atoms with Crippen molar-refractivity contribution in [1.82, 2.24) is 15.6 Å². The van der Waals surface area contributed by atoms with E-state index < -0.39 is 5.97 Å². The summed E-state index contributed by atoms with van der Waals surface area (Å²) in [6.45, 7) is 1.16. The number of piperidine rings is 1. The van der Waals surface area contributed by atoms with Gasteiger partial charge in [-0.3, -0.25) is 4.79 Å². The van der Waals surface area contributed by atoms with Gasteiger partial charge in [-0.05, 0) is 19.4 Å². The molecule has 18 heavy (non-hydrogen) atoms. The Morgan fingerprint density at radius 3 is 3.00 bits per heavy atom. The average molecular weight is 269 g/mol. The van der Waals surface area contributed by atoms with Crippen molar-refractivity contribution >= 4 is 23.2 Å². The van der Waals surface area contributed by atoms with Crippen LogP contribution in [-0.4, -0.2) is 34.6 Å². The molecule has 98 valence electrons. The number of hydrogen-bond donors (Lipinski definition) is 3. The molecule has 1 saturated heterocycles. The minimum absolute atomic E-state index is 0.0278. The molecular weight excluding hydrogens is 254 g/mol. The summed E-state index contributed by atoms with van der Waals surface area (Å²) in [5.74, 6) is -1.08. The molecule has 2 rings (SSSR count). The number of carbonyl (C=O) groups excluding carboxylic acids is 1. The van der Waals surface area contributed by atoms with Crippen LogP contribution in [0.4, 0.5) is 0 Å². The van der Waals surface area contributed by atoms with Gasteiger partial charge in [-0.15, -0.1) is 11.3 Å². The van der Waals surface area contributed by atoms with Crippen LogP contribution in [0.3, 0.4) is 0 Å². The molecule has 1 aliphatic heterocycles. The van der Waals surface area contributed by atoms with E-state index in [2.05, 4.69) is 15.6 Å². The summed E-state index contributed by atoms with van der Waals surface area (Å²) >= 11 is 1.24. The van der Waals surface area contributed by atoms with E-state index in [1.807, 2.05) is 0 Å². The first-order chi connectivity index (χ1) is 8.66. The minimum Gasteiger partial charge on any atom is -0.476 e. The van der Waals surface area contributed by atoms with Crippen LogP contribution in [0.1, 0.15) is 34.8 Å². The van der Waals surface area contributed by atoms with Crippen molar-refractivity contribution in [3.63, 3.8) is 0 Å². The normalized spacial score (nSPS) is 19.4. The van der Waals surface area contributed by atoms with Gasteiger partial charge in [0.2, 0.25) is 5.91 Å². The number of rotatable bonds is 4. The van der Waals surface area contributed by atoms with E-state index in [0.717, 1.165) is 25.8 Å². The van der Waals surface area contributed by atoms with Crippen molar-refractivity contribution in [3.05, 3.63) is 16.1 Å². The molecule has 1 unspecified atom stereocenters. The van der Waals surface area contributed by atoms with E-state index in [0.29, 0.717) is 5.01 Å². The topological polar surface area (TPSA) is 91.3 Å². The smallest absolute Gasteiger partial charge is 0.355 e. The number of hydrogen-bond acceptors (Lipinski definition) is 5. The van der Waals surface area contributed by atoms with Crippen LogP contribution in [-0.2, 0) is 11.3 Å². The lowest BCUT2D eigenvalue weighted by Gasteiger charge is -2.22. The van der Waals surface area contributed by atoms with Crippen LogP contribution in [0.25, 0.3) is 0 Å². The number of aromatic carboxylic acids is 1. The summed E-state index contributed by atoms with van der Waals surface area (Å²) in [5, 5.41) is 16.7. The number of carboxylic acids is 1. The fraction of sp³-hybridized carbons (Fsp3) is 0.545. The molecule has 1 aromatic rings. The molecule has 1 amide bonds. The average Bonchev–Trinajstić information content (AvgIpc) is 2.86. The first-order valence-electron chi connectivity index (χ1n) is 5.85. The number of carbonyl (C=O) groups is 2. The highest BCUT2D eigenvalue weighted by molar-refractivity contribution is 7.09. The van der Waals surface area contributed by atoms with Crippen LogP contribution < -0.4 is 10.6 Å². The highest BCUT2D eigenvalue weighted by Crippen LogP contribution is 2.10. The van der Waals surface area contributed by atoms with Gasteiger partial charge in [-0.1, -0.05) is 6.42 Å². The number of carboxylic acid groups (broad SMARTS) is 1. The summed E-state index contributed by atoms with van der Waals surface area (Å²) in [4.78, 5) is 26.4. The Bertz CT molecular complexity index is 440. The Morgan fingerprint density at radius 1 is 1.56 bits per heavy atom. The third-order valence-electron chi connectivity index (χ3n) is 2.81. The summed E-state index contributed by atoms with van der Waals surface area (Å²) in [5.41, 5.74) is 0.0278. The first-order valence-corrected chi connectivity index (χ1v) is 6.73. The fourth-order valence-electron chi connectivity index (χ4n) is 1.85. The van der Waals surface area contributed by atoms with E-state index >= 15 is 0 Å². The van der Waals surface area contributed by atoms with Crippen LogP contribution in [0, 0.1) is 0 Å². The molecule has 0 spiro atoms. The largest absolute Gasteiger partial charge is 0.476 e. The monoisotopic (exact) mass is 269 g/mol. The van der Waals surface area contributed by atoms with Gasteiger partial charge >= 0.3 is 5.97 Å². The molecule has 0 bridgehead atoms. The Morgan fingerprint density at radius 2 is 2.39 bits per heavy atom. The number of nitrogens with zero attached hydrogens (tertiary/aromatic N) is 1. The Labute approximate surface area is 108 Å². The molecule has 0 saturated carbocycles. The molecule has 2 heterocycles. The lowest BCUT2D eigenvalue weighted by molar-refractivity contribution is -0.123. The van der Waals surface area contributed by atoms with Crippen LogP contribution in [0.15, 0.2) is 5.38 Å². The lowest BCUT2D eigenvalue weighted by atomic mass is 10.0. The zero-order chi connectivity index (χ0) is 13.0. The van der Waals surface area contributed by atoms with Crippen molar-refractivity contribution < 1.29 is 14.7 Å². The second kappa shape index (κ2) is 5.92. The maximum atomic E-state index is 11.8. The molecule has 0 radical (unpaired) electrons. The van der Waals surface area contributed by atoms with Crippen LogP contribution in [0.2, 0.25) is 0 Å². The van der Waals surface area contributed by atoms with Crippen LogP contribution >= 0.6 is 11.3 Å². The third kappa shape index (κ3) is 3.27. The van der Waals surface area contributed by atoms with Crippen molar-refractivity contribution in [2.45, 2.75) is 31.8 Å². The summed E-state index contributed by atoms with van der Waals surface area (Å²) in [6, 6.07) is -0.127. The van der Waals surface area contributed by atoms with Gasteiger partial charge in [0.1, 0.15) is 5.01 Å². The molecular formula is C11H15N3O3S. The zero-order valence-electron chi connectivity index (χ0n) is 9.81. The summed E-state index contributed by atoms with van der Waals surface area (Å²) in [6.07, 6.45) is 3.02. The van der Waals surface area contributed by atoms with Gasteiger partial charge < -0.3 is 15.7 Å². The Kier molecular flexibility index (Phi) is 4.27. The predicted octanol–water partition coefficient (Wildman–Crippen LogP) is 0.600. The SMILES string of the molecule is O=C(O)c1csc(CNC(=O)C2CCCCN2)n1. The second-order valence-electron chi connectivity index (χ2n) is 4.15. The Hall–Kier alpha value is -1.47. The van der Waals surface area contributed by atoms with Gasteiger partial charge in [-0.2, -0.15) is 0 Å². The number of nitrogens with one attached hydrogen (secondary N) is 2. The van der Waals surface area contributed by atoms with Gasteiger partial charge in [-0.25, -0.2) is 9.78 Å². The molecule has 7 heteroatoms. The van der Waals surface area contributed by atoms with Crippen LogP contribution in [0.5, 0.6) is 0 Å².